The molecule has 2 aromatic heterocycles. The molecule has 0 atom stereocenters. The van der Waals surface area contributed by atoms with Crippen molar-refractivity contribution in [1.29, 1.82) is 0 Å². The van der Waals surface area contributed by atoms with E-state index in [4.69, 9.17) is 4.42 Å². The Morgan fingerprint density at radius 3 is 2.02 bits per heavy atom. The number of para-hydroxylation sites is 3. The Morgan fingerprint density at radius 2 is 1.13 bits per heavy atom. The first-order valence-electron chi connectivity index (χ1n) is 19.6. The van der Waals surface area contributed by atoms with E-state index in [1.54, 1.807) is 0 Å². The number of thiophene rings is 1. The van der Waals surface area contributed by atoms with E-state index in [-0.39, 0.29) is 0 Å². The van der Waals surface area contributed by atoms with Crippen molar-refractivity contribution in [3.05, 3.63) is 175 Å². The SMILES string of the molecule is c1ccc(N(c2ccc(-c3cccc4sc5ccccc5c34)cc2)c2cccc3c2oc2ccccc23)c(-c2cccc3cccc(C4CCCCC4)c23)c1. The van der Waals surface area contributed by atoms with Gasteiger partial charge in [-0.15, -0.1) is 11.3 Å². The van der Waals surface area contributed by atoms with Gasteiger partial charge in [-0.3, -0.25) is 0 Å². The van der Waals surface area contributed by atoms with Gasteiger partial charge in [-0.1, -0.05) is 147 Å². The minimum Gasteiger partial charge on any atom is -0.454 e. The van der Waals surface area contributed by atoms with Crippen LogP contribution in [0, 0.1) is 0 Å². The van der Waals surface area contributed by atoms with Crippen LogP contribution in [0.5, 0.6) is 0 Å². The van der Waals surface area contributed by atoms with E-state index >= 15 is 0 Å². The van der Waals surface area contributed by atoms with E-state index in [2.05, 4.69) is 175 Å². The molecule has 1 saturated carbocycles. The van der Waals surface area contributed by atoms with Crippen molar-refractivity contribution in [1.82, 2.24) is 0 Å². The van der Waals surface area contributed by atoms with Crippen molar-refractivity contribution >= 4 is 81.3 Å². The third-order valence-corrected chi connectivity index (χ3v) is 13.0. The molecule has 1 aliphatic rings. The third-order valence-electron chi connectivity index (χ3n) is 11.9. The summed E-state index contributed by atoms with van der Waals surface area (Å²) in [5.41, 5.74) is 11.5. The summed E-state index contributed by atoms with van der Waals surface area (Å²) in [5, 5.41) is 7.59. The van der Waals surface area contributed by atoms with E-state index in [9.17, 15) is 0 Å². The second-order valence-corrected chi connectivity index (χ2v) is 16.1. The van der Waals surface area contributed by atoms with E-state index in [0.717, 1.165) is 39.0 Å². The average molecular weight is 726 g/mol. The quantitative estimate of drug-likeness (QED) is 0.170. The van der Waals surface area contributed by atoms with Crippen molar-refractivity contribution in [2.75, 3.05) is 4.90 Å². The summed E-state index contributed by atoms with van der Waals surface area (Å²) < 4.78 is 9.39. The molecule has 55 heavy (non-hydrogen) atoms. The molecule has 0 aliphatic heterocycles. The van der Waals surface area contributed by atoms with E-state index < -0.39 is 0 Å². The Bertz CT molecular complexity index is 3030. The summed E-state index contributed by atoms with van der Waals surface area (Å²) in [6, 6.07) is 62.4. The van der Waals surface area contributed by atoms with Gasteiger partial charge >= 0.3 is 0 Å². The second kappa shape index (κ2) is 13.3. The third kappa shape index (κ3) is 5.37. The van der Waals surface area contributed by atoms with Gasteiger partial charge in [0.25, 0.3) is 0 Å². The van der Waals surface area contributed by atoms with Crippen molar-refractivity contribution in [3.8, 4) is 22.3 Å². The van der Waals surface area contributed by atoms with Gasteiger partial charge in [0.2, 0.25) is 0 Å². The summed E-state index contributed by atoms with van der Waals surface area (Å²) >= 11 is 1.87. The highest BCUT2D eigenvalue weighted by atomic mass is 32.1. The molecule has 3 heteroatoms. The van der Waals surface area contributed by atoms with Gasteiger partial charge in [0.1, 0.15) is 5.58 Å². The Hall–Kier alpha value is -6.16. The van der Waals surface area contributed by atoms with Gasteiger partial charge < -0.3 is 9.32 Å². The lowest BCUT2D eigenvalue weighted by atomic mass is 9.80. The first-order valence-corrected chi connectivity index (χ1v) is 20.4. The zero-order valence-corrected chi connectivity index (χ0v) is 31.4. The highest BCUT2D eigenvalue weighted by Crippen LogP contribution is 2.48. The second-order valence-electron chi connectivity index (χ2n) is 15.0. The monoisotopic (exact) mass is 725 g/mol. The van der Waals surface area contributed by atoms with Crippen LogP contribution in [-0.4, -0.2) is 0 Å². The molecule has 0 unspecified atom stereocenters. The maximum Gasteiger partial charge on any atom is 0.159 e. The summed E-state index contributed by atoms with van der Waals surface area (Å²) in [7, 11) is 0. The molecule has 11 rings (SSSR count). The lowest BCUT2D eigenvalue weighted by Gasteiger charge is -2.29. The van der Waals surface area contributed by atoms with Crippen LogP contribution >= 0.6 is 11.3 Å². The first-order chi connectivity index (χ1) is 27.3. The smallest absolute Gasteiger partial charge is 0.159 e. The van der Waals surface area contributed by atoms with Crippen LogP contribution in [0.15, 0.2) is 174 Å². The molecule has 2 nitrogen and oxygen atoms in total. The molecule has 10 aromatic rings. The molecule has 1 fully saturated rings. The lowest BCUT2D eigenvalue weighted by molar-refractivity contribution is 0.445. The van der Waals surface area contributed by atoms with Crippen LogP contribution in [0.4, 0.5) is 17.1 Å². The number of fused-ring (bicyclic) bond motifs is 7. The minimum atomic E-state index is 0.587. The molecule has 0 N–H and O–H groups in total. The van der Waals surface area contributed by atoms with Crippen LogP contribution in [0.1, 0.15) is 43.6 Å². The number of hydrogen-bond donors (Lipinski definition) is 0. The van der Waals surface area contributed by atoms with Crippen molar-refractivity contribution < 1.29 is 4.42 Å². The van der Waals surface area contributed by atoms with E-state index in [1.807, 2.05) is 11.3 Å². The van der Waals surface area contributed by atoms with Crippen LogP contribution in [0.3, 0.4) is 0 Å². The maximum absolute atomic E-state index is 6.75. The zero-order chi connectivity index (χ0) is 36.3. The number of anilines is 3. The number of benzene rings is 8. The predicted molar refractivity (Wildman–Crippen MR) is 235 cm³/mol. The van der Waals surface area contributed by atoms with Crippen molar-refractivity contribution in [2.45, 2.75) is 38.0 Å². The fourth-order valence-electron chi connectivity index (χ4n) is 9.37. The average Bonchev–Trinajstić information content (AvgIpc) is 3.83. The number of furan rings is 1. The van der Waals surface area contributed by atoms with Crippen molar-refractivity contribution in [2.24, 2.45) is 0 Å². The molecule has 0 amide bonds. The first kappa shape index (κ1) is 32.3. The van der Waals surface area contributed by atoms with Crippen LogP contribution in [0.2, 0.25) is 0 Å². The Morgan fingerprint density at radius 1 is 0.473 bits per heavy atom. The normalized spacial score (nSPS) is 13.7. The highest BCUT2D eigenvalue weighted by Gasteiger charge is 2.25. The molecular weight excluding hydrogens is 687 g/mol. The van der Waals surface area contributed by atoms with Gasteiger partial charge in [0, 0.05) is 42.2 Å². The summed E-state index contributed by atoms with van der Waals surface area (Å²) in [6.07, 6.45) is 6.48. The van der Waals surface area contributed by atoms with Gasteiger partial charge in [-0.25, -0.2) is 0 Å². The number of rotatable bonds is 6. The molecule has 0 radical (unpaired) electrons. The van der Waals surface area contributed by atoms with Crippen LogP contribution in [-0.2, 0) is 0 Å². The topological polar surface area (TPSA) is 16.4 Å². The van der Waals surface area contributed by atoms with Crippen LogP contribution < -0.4 is 4.90 Å². The summed E-state index contributed by atoms with van der Waals surface area (Å²) in [5.74, 6) is 0.587. The maximum atomic E-state index is 6.75. The van der Waals surface area contributed by atoms with Crippen molar-refractivity contribution in [3.63, 3.8) is 0 Å². The fourth-order valence-corrected chi connectivity index (χ4v) is 10.5. The molecule has 0 bridgehead atoms. The highest BCUT2D eigenvalue weighted by molar-refractivity contribution is 7.25. The Kier molecular flexibility index (Phi) is 7.81. The molecular formula is C52H39NOS. The number of nitrogens with zero attached hydrogens (tertiary/aromatic N) is 1. The largest absolute Gasteiger partial charge is 0.454 e. The fraction of sp³-hybridized carbons (Fsp3) is 0.115. The molecule has 2 heterocycles. The van der Waals surface area contributed by atoms with Crippen LogP contribution in [0.25, 0.3) is 75.1 Å². The predicted octanol–water partition coefficient (Wildman–Crippen LogP) is 16.0. The van der Waals surface area contributed by atoms with E-state index in [1.165, 1.54) is 90.9 Å². The molecule has 264 valence electrons. The zero-order valence-electron chi connectivity index (χ0n) is 30.5. The van der Waals surface area contributed by atoms with Gasteiger partial charge in [-0.2, -0.15) is 0 Å². The molecule has 0 spiro atoms. The van der Waals surface area contributed by atoms with Gasteiger partial charge in [-0.05, 0) is 94.3 Å². The minimum absolute atomic E-state index is 0.587. The number of hydrogen-bond acceptors (Lipinski definition) is 3. The van der Waals surface area contributed by atoms with Gasteiger partial charge in [0.15, 0.2) is 5.58 Å². The lowest BCUT2D eigenvalue weighted by Crippen LogP contribution is -2.12. The molecule has 1 aliphatic carbocycles. The Balaban J connectivity index is 1.13. The molecule has 0 saturated heterocycles. The standard InChI is InChI=1S/C52H39NOS/c1-2-14-34(15-3-1)38-21-10-16-36-17-11-23-42(50(36)38)40-18-4-7-25-45(40)53(46-26-12-24-43-41-19-5-8-27-47(41)54-52(43)46)37-32-30-35(31-33-37)39-22-13-29-49-51(39)44-20-6-9-28-48(44)55-49/h4-13,16-34H,1-3,14-15H2. The molecule has 8 aromatic carbocycles. The van der Waals surface area contributed by atoms with E-state index in [0.29, 0.717) is 5.92 Å². The summed E-state index contributed by atoms with van der Waals surface area (Å²) in [6.45, 7) is 0. The van der Waals surface area contributed by atoms with Gasteiger partial charge in [0.05, 0.1) is 11.4 Å². The summed E-state index contributed by atoms with van der Waals surface area (Å²) in [4.78, 5) is 2.42. The Labute approximate surface area is 324 Å².